The Bertz CT molecular complexity index is 269. The van der Waals surface area contributed by atoms with Gasteiger partial charge in [0.2, 0.25) is 0 Å². The van der Waals surface area contributed by atoms with Crippen molar-refractivity contribution in [3.8, 4) is 0 Å². The van der Waals surface area contributed by atoms with Crippen molar-refractivity contribution in [3.05, 3.63) is 18.2 Å². The quantitative estimate of drug-likeness (QED) is 0.723. The van der Waals surface area contributed by atoms with Gasteiger partial charge in [-0.15, -0.1) is 0 Å². The van der Waals surface area contributed by atoms with Crippen molar-refractivity contribution in [2.45, 2.75) is 19.3 Å². The molecule has 4 heteroatoms. The zero-order valence-electron chi connectivity index (χ0n) is 8.20. The summed E-state index contributed by atoms with van der Waals surface area (Å²) >= 11 is 0. The Labute approximate surface area is 78.0 Å². The number of aliphatic hydroxyl groups excluding tert-OH is 1. The van der Waals surface area contributed by atoms with Gasteiger partial charge >= 0.3 is 0 Å². The van der Waals surface area contributed by atoms with Crippen molar-refractivity contribution in [2.24, 2.45) is 0 Å². The van der Waals surface area contributed by atoms with Crippen molar-refractivity contribution in [3.63, 3.8) is 0 Å². The summed E-state index contributed by atoms with van der Waals surface area (Å²) in [6.45, 7) is 3.86. The molecule has 4 nitrogen and oxygen atoms in total. The van der Waals surface area contributed by atoms with Crippen LogP contribution in [0.15, 0.2) is 12.4 Å². The lowest BCUT2D eigenvalue weighted by Crippen LogP contribution is -2.25. The molecule has 0 aromatic carbocycles. The summed E-state index contributed by atoms with van der Waals surface area (Å²) in [6.07, 6.45) is 3.42. The first kappa shape index (κ1) is 9.92. The van der Waals surface area contributed by atoms with Gasteiger partial charge in [-0.25, -0.2) is 9.97 Å². The lowest BCUT2D eigenvalue weighted by Gasteiger charge is -2.19. The van der Waals surface area contributed by atoms with E-state index in [1.165, 1.54) is 0 Å². The van der Waals surface area contributed by atoms with Gasteiger partial charge < -0.3 is 10.4 Å². The molecule has 13 heavy (non-hydrogen) atoms. The van der Waals surface area contributed by atoms with E-state index in [0.29, 0.717) is 5.82 Å². The largest absolute Gasteiger partial charge is 0.395 e. The van der Waals surface area contributed by atoms with Crippen LogP contribution >= 0.6 is 0 Å². The van der Waals surface area contributed by atoms with E-state index in [1.54, 1.807) is 12.4 Å². The van der Waals surface area contributed by atoms with Gasteiger partial charge in [0.15, 0.2) is 0 Å². The summed E-state index contributed by atoms with van der Waals surface area (Å²) in [5, 5.41) is 12.0. The molecule has 0 aliphatic heterocycles. The minimum Gasteiger partial charge on any atom is -0.395 e. The third kappa shape index (κ3) is 2.15. The van der Waals surface area contributed by atoms with Gasteiger partial charge in [-0.05, 0) is 0 Å². The molecule has 0 amide bonds. The fraction of sp³-hybridized carbons (Fsp3) is 0.556. The van der Waals surface area contributed by atoms with Gasteiger partial charge in [-0.1, -0.05) is 13.8 Å². The summed E-state index contributed by atoms with van der Waals surface area (Å²) in [7, 11) is 1.82. The van der Waals surface area contributed by atoms with E-state index in [4.69, 9.17) is 5.11 Å². The van der Waals surface area contributed by atoms with Gasteiger partial charge in [0.05, 0.1) is 24.7 Å². The monoisotopic (exact) mass is 181 g/mol. The normalized spacial score (nSPS) is 11.4. The lowest BCUT2D eigenvalue weighted by molar-refractivity contribution is 0.211. The number of nitrogens with one attached hydrogen (secondary N) is 1. The molecule has 1 aromatic heterocycles. The highest BCUT2D eigenvalue weighted by molar-refractivity contribution is 5.36. The number of hydrogen-bond acceptors (Lipinski definition) is 4. The molecule has 0 aliphatic rings. The zero-order chi connectivity index (χ0) is 9.90. The molecule has 0 spiro atoms. The second-order valence-corrected chi connectivity index (χ2v) is 3.59. The predicted octanol–water partition coefficient (Wildman–Crippen LogP) is 0.788. The summed E-state index contributed by atoms with van der Waals surface area (Å²) in [6, 6.07) is 0. The summed E-state index contributed by atoms with van der Waals surface area (Å²) in [4.78, 5) is 8.32. The molecule has 1 heterocycles. The van der Waals surface area contributed by atoms with Crippen LogP contribution in [0.5, 0.6) is 0 Å². The number of aromatic nitrogens is 2. The summed E-state index contributed by atoms with van der Waals surface area (Å²) in [5.74, 6) is 0.661. The summed E-state index contributed by atoms with van der Waals surface area (Å²) in [5.41, 5.74) is 0.504. The first-order chi connectivity index (χ1) is 6.10. The lowest BCUT2D eigenvalue weighted by atomic mass is 9.94. The maximum absolute atomic E-state index is 9.08. The summed E-state index contributed by atoms with van der Waals surface area (Å²) < 4.78 is 0. The van der Waals surface area contributed by atoms with Crippen LogP contribution in [0, 0.1) is 0 Å². The highest BCUT2D eigenvalue weighted by Gasteiger charge is 2.22. The molecule has 0 atom stereocenters. The van der Waals surface area contributed by atoms with E-state index in [1.807, 2.05) is 20.9 Å². The fourth-order valence-corrected chi connectivity index (χ4v) is 0.877. The van der Waals surface area contributed by atoms with Gasteiger partial charge in [0.25, 0.3) is 0 Å². The van der Waals surface area contributed by atoms with Crippen molar-refractivity contribution in [1.82, 2.24) is 9.97 Å². The Kier molecular flexibility index (Phi) is 2.83. The van der Waals surface area contributed by atoms with E-state index < -0.39 is 0 Å². The zero-order valence-corrected chi connectivity index (χ0v) is 8.20. The van der Waals surface area contributed by atoms with Crippen molar-refractivity contribution in [2.75, 3.05) is 19.0 Å². The Hall–Kier alpha value is -1.16. The first-order valence-electron chi connectivity index (χ1n) is 4.21. The van der Waals surface area contributed by atoms with Crippen LogP contribution in [0.3, 0.4) is 0 Å². The molecule has 0 bridgehead atoms. The molecule has 0 fully saturated rings. The molecule has 1 rings (SSSR count). The smallest absolute Gasteiger partial charge is 0.136 e. The molecule has 72 valence electrons. The Morgan fingerprint density at radius 3 is 2.31 bits per heavy atom. The highest BCUT2D eigenvalue weighted by Crippen LogP contribution is 2.18. The number of aliphatic hydroxyl groups is 1. The minimum atomic E-state index is -0.369. The molecule has 0 saturated carbocycles. The van der Waals surface area contributed by atoms with Gasteiger partial charge in [-0.3, -0.25) is 0 Å². The Morgan fingerprint density at radius 1 is 1.38 bits per heavy atom. The Morgan fingerprint density at radius 2 is 1.92 bits per heavy atom. The van der Waals surface area contributed by atoms with Crippen LogP contribution < -0.4 is 5.32 Å². The second-order valence-electron chi connectivity index (χ2n) is 3.59. The molecule has 1 aromatic rings. The Balaban J connectivity index is 2.92. The van der Waals surface area contributed by atoms with Crippen LogP contribution in [-0.2, 0) is 5.41 Å². The van der Waals surface area contributed by atoms with Crippen LogP contribution in [-0.4, -0.2) is 28.7 Å². The SMILES string of the molecule is CNc1cnc(C(C)(C)CO)nc1. The van der Waals surface area contributed by atoms with Gasteiger partial charge in [-0.2, -0.15) is 0 Å². The van der Waals surface area contributed by atoms with Crippen LogP contribution in [0.25, 0.3) is 0 Å². The van der Waals surface area contributed by atoms with E-state index >= 15 is 0 Å². The van der Waals surface area contributed by atoms with Crippen LogP contribution in [0.2, 0.25) is 0 Å². The van der Waals surface area contributed by atoms with Crippen molar-refractivity contribution < 1.29 is 5.11 Å². The fourth-order valence-electron chi connectivity index (χ4n) is 0.877. The van der Waals surface area contributed by atoms with E-state index in [0.717, 1.165) is 5.69 Å². The maximum Gasteiger partial charge on any atom is 0.136 e. The number of anilines is 1. The van der Waals surface area contributed by atoms with Crippen molar-refractivity contribution in [1.29, 1.82) is 0 Å². The van der Waals surface area contributed by atoms with E-state index in [2.05, 4.69) is 15.3 Å². The first-order valence-corrected chi connectivity index (χ1v) is 4.21. The van der Waals surface area contributed by atoms with Crippen LogP contribution in [0.4, 0.5) is 5.69 Å². The van der Waals surface area contributed by atoms with Gasteiger partial charge in [0, 0.05) is 12.5 Å². The second kappa shape index (κ2) is 3.70. The maximum atomic E-state index is 9.08. The number of rotatable bonds is 3. The molecule has 2 N–H and O–H groups in total. The van der Waals surface area contributed by atoms with Crippen LogP contribution in [0.1, 0.15) is 19.7 Å². The average Bonchev–Trinajstić information content (AvgIpc) is 2.18. The minimum absolute atomic E-state index is 0.0475. The molecule has 0 aliphatic carbocycles. The van der Waals surface area contributed by atoms with E-state index in [-0.39, 0.29) is 12.0 Å². The molecule has 0 unspecified atom stereocenters. The number of nitrogens with zero attached hydrogens (tertiary/aromatic N) is 2. The van der Waals surface area contributed by atoms with Crippen molar-refractivity contribution >= 4 is 5.69 Å². The third-order valence-corrected chi connectivity index (χ3v) is 1.94. The standard InChI is InChI=1S/C9H15N3O/c1-9(2,6-13)8-11-4-7(10-3)5-12-8/h4-5,10,13H,6H2,1-3H3. The topological polar surface area (TPSA) is 58.0 Å². The molecule has 0 saturated heterocycles. The average molecular weight is 181 g/mol. The molecular weight excluding hydrogens is 166 g/mol. The third-order valence-electron chi connectivity index (χ3n) is 1.94. The molecule has 0 radical (unpaired) electrons. The highest BCUT2D eigenvalue weighted by atomic mass is 16.3. The number of hydrogen-bond donors (Lipinski definition) is 2. The van der Waals surface area contributed by atoms with E-state index in [9.17, 15) is 0 Å². The van der Waals surface area contributed by atoms with Gasteiger partial charge in [0.1, 0.15) is 5.82 Å². The predicted molar refractivity (Wildman–Crippen MR) is 51.7 cm³/mol. The molecular formula is C9H15N3O.